The summed E-state index contributed by atoms with van der Waals surface area (Å²) in [5.41, 5.74) is 1.39. The number of nitrogens with one attached hydrogen (secondary N) is 1. The van der Waals surface area contributed by atoms with E-state index >= 15 is 0 Å². The lowest BCUT2D eigenvalue weighted by Gasteiger charge is -2.10. The van der Waals surface area contributed by atoms with Gasteiger partial charge in [-0.1, -0.05) is 26.0 Å². The molecule has 1 N–H and O–H groups in total. The first kappa shape index (κ1) is 13.0. The molecule has 1 aromatic carbocycles. The van der Waals surface area contributed by atoms with Gasteiger partial charge >= 0.3 is 0 Å². The van der Waals surface area contributed by atoms with Crippen molar-refractivity contribution in [2.24, 2.45) is 0 Å². The Labute approximate surface area is 99.0 Å². The molecule has 90 valence electrons. The highest BCUT2D eigenvalue weighted by molar-refractivity contribution is 5.29. The second kappa shape index (κ2) is 7.29. The summed E-state index contributed by atoms with van der Waals surface area (Å²) in [5, 5.41) is 3.11. The summed E-state index contributed by atoms with van der Waals surface area (Å²) in [5.74, 6) is 1.61. The Balaban J connectivity index is 2.39. The molecule has 0 aliphatic carbocycles. The van der Waals surface area contributed by atoms with Gasteiger partial charge in [-0.3, -0.25) is 0 Å². The molecule has 2 nitrogen and oxygen atoms in total. The Morgan fingerprint density at radius 2 is 1.94 bits per heavy atom. The van der Waals surface area contributed by atoms with E-state index in [0.717, 1.165) is 25.3 Å². The molecule has 1 aromatic rings. The van der Waals surface area contributed by atoms with Crippen LogP contribution in [0.1, 0.15) is 38.2 Å². The molecule has 0 bridgehead atoms. The number of hydrogen-bond acceptors (Lipinski definition) is 2. The van der Waals surface area contributed by atoms with Crippen molar-refractivity contribution < 1.29 is 4.74 Å². The zero-order valence-corrected chi connectivity index (χ0v) is 10.6. The summed E-state index contributed by atoms with van der Waals surface area (Å²) in [6.45, 7) is 6.25. The summed E-state index contributed by atoms with van der Waals surface area (Å²) in [7, 11) is 1.96. The smallest absolute Gasteiger partial charge is 0.119 e. The SMILES string of the molecule is CCC(C)c1ccc(OCCCNC)cc1. The van der Waals surface area contributed by atoms with Gasteiger partial charge in [0.15, 0.2) is 0 Å². The van der Waals surface area contributed by atoms with E-state index in [2.05, 4.69) is 43.4 Å². The van der Waals surface area contributed by atoms with E-state index in [1.165, 1.54) is 12.0 Å². The molecule has 1 unspecified atom stereocenters. The average molecular weight is 221 g/mol. The van der Waals surface area contributed by atoms with Crippen LogP contribution in [0.4, 0.5) is 0 Å². The molecule has 1 rings (SSSR count). The molecule has 0 fully saturated rings. The molecule has 0 saturated heterocycles. The molecule has 0 amide bonds. The Bertz CT molecular complexity index is 281. The maximum absolute atomic E-state index is 5.64. The third kappa shape index (κ3) is 4.23. The van der Waals surface area contributed by atoms with Crippen LogP contribution in [0.2, 0.25) is 0 Å². The average Bonchev–Trinajstić information content (AvgIpc) is 2.34. The van der Waals surface area contributed by atoms with Crippen molar-refractivity contribution in [3.8, 4) is 5.75 Å². The topological polar surface area (TPSA) is 21.3 Å². The first-order valence-electron chi connectivity index (χ1n) is 6.15. The molecule has 0 aliphatic rings. The first-order chi connectivity index (χ1) is 7.77. The van der Waals surface area contributed by atoms with Crippen LogP contribution < -0.4 is 10.1 Å². The Hall–Kier alpha value is -1.02. The minimum Gasteiger partial charge on any atom is -0.494 e. The molecular weight excluding hydrogens is 198 g/mol. The predicted octanol–water partition coefficient (Wildman–Crippen LogP) is 3.19. The van der Waals surface area contributed by atoms with Gasteiger partial charge in [0.05, 0.1) is 6.61 Å². The quantitative estimate of drug-likeness (QED) is 0.714. The zero-order valence-electron chi connectivity index (χ0n) is 10.6. The molecule has 0 aromatic heterocycles. The lowest BCUT2D eigenvalue weighted by atomic mass is 9.99. The first-order valence-corrected chi connectivity index (χ1v) is 6.15. The maximum Gasteiger partial charge on any atom is 0.119 e. The molecule has 1 atom stereocenters. The van der Waals surface area contributed by atoms with Crippen molar-refractivity contribution in [2.75, 3.05) is 20.2 Å². The molecule has 0 radical (unpaired) electrons. The highest BCUT2D eigenvalue weighted by Gasteiger charge is 2.02. The minimum absolute atomic E-state index is 0.637. The van der Waals surface area contributed by atoms with E-state index in [1.54, 1.807) is 0 Å². The Morgan fingerprint density at radius 3 is 2.50 bits per heavy atom. The number of ether oxygens (including phenoxy) is 1. The van der Waals surface area contributed by atoms with Gasteiger partial charge in [0.1, 0.15) is 5.75 Å². The van der Waals surface area contributed by atoms with E-state index in [4.69, 9.17) is 4.74 Å². The molecule has 2 heteroatoms. The Kier molecular flexibility index (Phi) is 5.94. The fourth-order valence-electron chi connectivity index (χ4n) is 1.57. The summed E-state index contributed by atoms with van der Waals surface area (Å²) in [6.07, 6.45) is 2.23. The van der Waals surface area contributed by atoms with Crippen LogP contribution in [-0.2, 0) is 0 Å². The van der Waals surface area contributed by atoms with Crippen molar-refractivity contribution in [3.63, 3.8) is 0 Å². The second-order valence-corrected chi connectivity index (χ2v) is 4.18. The van der Waals surface area contributed by atoms with Crippen LogP contribution in [0.3, 0.4) is 0 Å². The van der Waals surface area contributed by atoms with Crippen LogP contribution in [0.15, 0.2) is 24.3 Å². The number of benzene rings is 1. The standard InChI is InChI=1S/C14H23NO/c1-4-12(2)13-6-8-14(9-7-13)16-11-5-10-15-3/h6-9,12,15H,4-5,10-11H2,1-3H3. The van der Waals surface area contributed by atoms with Crippen LogP contribution in [0.5, 0.6) is 5.75 Å². The van der Waals surface area contributed by atoms with Crippen LogP contribution in [0, 0.1) is 0 Å². The fourth-order valence-corrected chi connectivity index (χ4v) is 1.57. The minimum atomic E-state index is 0.637. The number of rotatable bonds is 7. The number of hydrogen-bond donors (Lipinski definition) is 1. The van der Waals surface area contributed by atoms with Crippen molar-refractivity contribution >= 4 is 0 Å². The summed E-state index contributed by atoms with van der Waals surface area (Å²) in [4.78, 5) is 0. The van der Waals surface area contributed by atoms with E-state index < -0.39 is 0 Å². The van der Waals surface area contributed by atoms with Gasteiger partial charge in [0.25, 0.3) is 0 Å². The lowest BCUT2D eigenvalue weighted by Crippen LogP contribution is -2.11. The van der Waals surface area contributed by atoms with Crippen LogP contribution >= 0.6 is 0 Å². The molecule has 0 saturated carbocycles. The second-order valence-electron chi connectivity index (χ2n) is 4.18. The lowest BCUT2D eigenvalue weighted by molar-refractivity contribution is 0.309. The van der Waals surface area contributed by atoms with Crippen LogP contribution in [-0.4, -0.2) is 20.2 Å². The third-order valence-corrected chi connectivity index (χ3v) is 2.90. The predicted molar refractivity (Wildman–Crippen MR) is 69.2 cm³/mol. The molecular formula is C14H23NO. The van der Waals surface area contributed by atoms with Gasteiger partial charge in [0, 0.05) is 0 Å². The Morgan fingerprint density at radius 1 is 1.25 bits per heavy atom. The molecule has 0 aliphatic heterocycles. The van der Waals surface area contributed by atoms with Crippen LogP contribution in [0.25, 0.3) is 0 Å². The van der Waals surface area contributed by atoms with Gasteiger partial charge in [-0.05, 0) is 50.0 Å². The van der Waals surface area contributed by atoms with Gasteiger partial charge in [-0.2, -0.15) is 0 Å². The van der Waals surface area contributed by atoms with E-state index in [0.29, 0.717) is 5.92 Å². The van der Waals surface area contributed by atoms with Crippen molar-refractivity contribution in [1.82, 2.24) is 5.32 Å². The van der Waals surface area contributed by atoms with E-state index in [9.17, 15) is 0 Å². The molecule has 0 heterocycles. The monoisotopic (exact) mass is 221 g/mol. The summed E-state index contributed by atoms with van der Waals surface area (Å²) < 4.78 is 5.64. The van der Waals surface area contributed by atoms with Gasteiger partial charge in [-0.15, -0.1) is 0 Å². The molecule has 16 heavy (non-hydrogen) atoms. The van der Waals surface area contributed by atoms with Gasteiger partial charge in [-0.25, -0.2) is 0 Å². The normalized spacial score (nSPS) is 12.4. The van der Waals surface area contributed by atoms with Gasteiger partial charge in [0.2, 0.25) is 0 Å². The third-order valence-electron chi connectivity index (χ3n) is 2.90. The van der Waals surface area contributed by atoms with E-state index in [-0.39, 0.29) is 0 Å². The summed E-state index contributed by atoms with van der Waals surface area (Å²) >= 11 is 0. The van der Waals surface area contributed by atoms with E-state index in [1.807, 2.05) is 7.05 Å². The highest BCUT2D eigenvalue weighted by Crippen LogP contribution is 2.21. The van der Waals surface area contributed by atoms with Gasteiger partial charge < -0.3 is 10.1 Å². The zero-order chi connectivity index (χ0) is 11.8. The maximum atomic E-state index is 5.64. The van der Waals surface area contributed by atoms with Crippen molar-refractivity contribution in [3.05, 3.63) is 29.8 Å². The van der Waals surface area contributed by atoms with Crippen molar-refractivity contribution in [1.29, 1.82) is 0 Å². The molecule has 0 spiro atoms. The van der Waals surface area contributed by atoms with Crippen molar-refractivity contribution in [2.45, 2.75) is 32.6 Å². The highest BCUT2D eigenvalue weighted by atomic mass is 16.5. The summed E-state index contributed by atoms with van der Waals surface area (Å²) in [6, 6.07) is 8.48. The fraction of sp³-hybridized carbons (Fsp3) is 0.571. The largest absolute Gasteiger partial charge is 0.494 e.